The van der Waals surface area contributed by atoms with Crippen molar-refractivity contribution in [3.05, 3.63) is 65.7 Å². The molecule has 144 valence electrons. The first-order chi connectivity index (χ1) is 12.7. The Kier molecular flexibility index (Phi) is 6.99. The van der Waals surface area contributed by atoms with Gasteiger partial charge in [0.15, 0.2) is 0 Å². The van der Waals surface area contributed by atoms with Gasteiger partial charge in [-0.05, 0) is 70.4 Å². The number of nitrogens with one attached hydrogen (secondary N) is 3. The Morgan fingerprint density at radius 2 is 1.59 bits per heavy atom. The van der Waals surface area contributed by atoms with Crippen molar-refractivity contribution in [2.75, 3.05) is 5.32 Å². The van der Waals surface area contributed by atoms with Crippen LogP contribution in [0.4, 0.5) is 10.5 Å². The van der Waals surface area contributed by atoms with Gasteiger partial charge in [-0.1, -0.05) is 30.3 Å². The molecule has 0 heterocycles. The van der Waals surface area contributed by atoms with Crippen molar-refractivity contribution < 1.29 is 9.59 Å². The molecule has 2 rings (SSSR count). The molecule has 3 N–H and O–H groups in total. The van der Waals surface area contributed by atoms with Crippen molar-refractivity contribution in [2.45, 2.75) is 52.1 Å². The molecule has 5 heteroatoms. The minimum atomic E-state index is -0.288. The number of urea groups is 1. The molecule has 2 aromatic carbocycles. The standard InChI is InChI=1S/C22H29N3O2/c1-16(10-11-17-8-6-5-7-9-17)23-21(27)24-19-14-12-18(13-15-19)20(26)25-22(2,3)4/h5-9,12-16H,10-11H2,1-4H3,(H,25,26)(H2,23,24,27)/t16-/m1/s1. The average molecular weight is 367 g/mol. The van der Waals surface area contributed by atoms with Gasteiger partial charge in [0.25, 0.3) is 5.91 Å². The van der Waals surface area contributed by atoms with Gasteiger partial charge in [0, 0.05) is 22.8 Å². The van der Waals surface area contributed by atoms with E-state index in [0.29, 0.717) is 11.3 Å². The van der Waals surface area contributed by atoms with E-state index < -0.39 is 0 Å². The maximum absolute atomic E-state index is 12.1. The molecule has 1 atom stereocenters. The number of hydrogen-bond donors (Lipinski definition) is 3. The summed E-state index contributed by atoms with van der Waals surface area (Å²) in [6.07, 6.45) is 1.78. The van der Waals surface area contributed by atoms with Gasteiger partial charge in [-0.3, -0.25) is 4.79 Å². The topological polar surface area (TPSA) is 70.2 Å². The highest BCUT2D eigenvalue weighted by atomic mass is 16.2. The fraction of sp³-hybridized carbons (Fsp3) is 0.364. The summed E-state index contributed by atoms with van der Waals surface area (Å²) in [5.74, 6) is -0.131. The molecule has 0 spiro atoms. The molecule has 0 aliphatic rings. The number of aryl methyl sites for hydroxylation is 1. The van der Waals surface area contributed by atoms with E-state index >= 15 is 0 Å². The Balaban J connectivity index is 1.80. The Morgan fingerprint density at radius 1 is 0.963 bits per heavy atom. The molecule has 2 aromatic rings. The first-order valence-corrected chi connectivity index (χ1v) is 9.27. The minimum Gasteiger partial charge on any atom is -0.347 e. The van der Waals surface area contributed by atoms with E-state index in [1.807, 2.05) is 45.9 Å². The Bertz CT molecular complexity index is 749. The van der Waals surface area contributed by atoms with Crippen LogP contribution in [0.15, 0.2) is 54.6 Å². The molecular weight excluding hydrogens is 338 g/mol. The number of amides is 3. The number of benzene rings is 2. The molecular formula is C22H29N3O2. The van der Waals surface area contributed by atoms with Gasteiger partial charge in [-0.2, -0.15) is 0 Å². The molecule has 0 bridgehead atoms. The summed E-state index contributed by atoms with van der Waals surface area (Å²) in [6.45, 7) is 7.79. The summed E-state index contributed by atoms with van der Waals surface area (Å²) >= 11 is 0. The molecule has 3 amide bonds. The smallest absolute Gasteiger partial charge is 0.319 e. The van der Waals surface area contributed by atoms with Crippen LogP contribution in [0.3, 0.4) is 0 Å². The number of carbonyl (C=O) groups is 2. The van der Waals surface area contributed by atoms with Gasteiger partial charge in [0.2, 0.25) is 0 Å². The first kappa shape index (κ1) is 20.5. The molecule has 0 saturated carbocycles. The molecule has 0 saturated heterocycles. The van der Waals surface area contributed by atoms with Gasteiger partial charge in [0.1, 0.15) is 0 Å². The fourth-order valence-electron chi connectivity index (χ4n) is 2.61. The zero-order chi connectivity index (χ0) is 19.9. The predicted octanol–water partition coefficient (Wildman–Crippen LogP) is 4.36. The quantitative estimate of drug-likeness (QED) is 0.710. The van der Waals surface area contributed by atoms with Crippen LogP contribution in [0.25, 0.3) is 0 Å². The highest BCUT2D eigenvalue weighted by Gasteiger charge is 2.15. The number of carbonyl (C=O) groups excluding carboxylic acids is 2. The van der Waals surface area contributed by atoms with Crippen LogP contribution >= 0.6 is 0 Å². The second-order valence-corrected chi connectivity index (χ2v) is 7.81. The third-order valence-electron chi connectivity index (χ3n) is 3.98. The van der Waals surface area contributed by atoms with Crippen LogP contribution in [0.1, 0.15) is 50.0 Å². The molecule has 0 unspecified atom stereocenters. The Morgan fingerprint density at radius 3 is 2.19 bits per heavy atom. The maximum Gasteiger partial charge on any atom is 0.319 e. The predicted molar refractivity (Wildman–Crippen MR) is 110 cm³/mol. The van der Waals surface area contributed by atoms with Crippen LogP contribution in [0, 0.1) is 0 Å². The highest BCUT2D eigenvalue weighted by molar-refractivity contribution is 5.95. The van der Waals surface area contributed by atoms with Crippen molar-refractivity contribution >= 4 is 17.6 Å². The van der Waals surface area contributed by atoms with Crippen molar-refractivity contribution in [1.82, 2.24) is 10.6 Å². The second-order valence-electron chi connectivity index (χ2n) is 7.81. The van der Waals surface area contributed by atoms with E-state index in [1.165, 1.54) is 5.56 Å². The largest absolute Gasteiger partial charge is 0.347 e. The summed E-state index contributed by atoms with van der Waals surface area (Å²) in [4.78, 5) is 24.3. The summed E-state index contributed by atoms with van der Waals surface area (Å²) in [5.41, 5.74) is 2.18. The van der Waals surface area contributed by atoms with Crippen LogP contribution in [-0.2, 0) is 6.42 Å². The van der Waals surface area contributed by atoms with E-state index in [-0.39, 0.29) is 23.5 Å². The lowest BCUT2D eigenvalue weighted by Crippen LogP contribution is -2.40. The highest BCUT2D eigenvalue weighted by Crippen LogP contribution is 2.11. The number of anilines is 1. The maximum atomic E-state index is 12.1. The Labute approximate surface area is 161 Å². The third-order valence-corrected chi connectivity index (χ3v) is 3.98. The second kappa shape index (κ2) is 9.21. The fourth-order valence-corrected chi connectivity index (χ4v) is 2.61. The molecule has 0 radical (unpaired) electrons. The van der Waals surface area contributed by atoms with E-state index in [1.54, 1.807) is 24.3 Å². The normalized spacial score (nSPS) is 12.1. The lowest BCUT2D eigenvalue weighted by Gasteiger charge is -2.20. The first-order valence-electron chi connectivity index (χ1n) is 9.27. The van der Waals surface area contributed by atoms with E-state index in [4.69, 9.17) is 0 Å². The van der Waals surface area contributed by atoms with Gasteiger partial charge in [-0.25, -0.2) is 4.79 Å². The van der Waals surface area contributed by atoms with Crippen molar-refractivity contribution in [3.8, 4) is 0 Å². The SMILES string of the molecule is C[C@H](CCc1ccccc1)NC(=O)Nc1ccc(C(=O)NC(C)(C)C)cc1. The van der Waals surface area contributed by atoms with Gasteiger partial charge in [0.05, 0.1) is 0 Å². The van der Waals surface area contributed by atoms with Crippen LogP contribution in [0.5, 0.6) is 0 Å². The van der Waals surface area contributed by atoms with Gasteiger partial charge >= 0.3 is 6.03 Å². The summed E-state index contributed by atoms with van der Waals surface area (Å²) in [7, 11) is 0. The summed E-state index contributed by atoms with van der Waals surface area (Å²) in [5, 5.41) is 8.65. The summed E-state index contributed by atoms with van der Waals surface area (Å²) < 4.78 is 0. The van der Waals surface area contributed by atoms with Crippen molar-refractivity contribution in [3.63, 3.8) is 0 Å². The molecule has 27 heavy (non-hydrogen) atoms. The zero-order valence-corrected chi connectivity index (χ0v) is 16.5. The van der Waals surface area contributed by atoms with Crippen LogP contribution in [-0.4, -0.2) is 23.5 Å². The van der Waals surface area contributed by atoms with Crippen LogP contribution in [0.2, 0.25) is 0 Å². The molecule has 0 fully saturated rings. The van der Waals surface area contributed by atoms with E-state index in [9.17, 15) is 9.59 Å². The molecule has 0 aliphatic carbocycles. The minimum absolute atomic E-state index is 0.0574. The number of hydrogen-bond acceptors (Lipinski definition) is 2. The van der Waals surface area contributed by atoms with Crippen LogP contribution < -0.4 is 16.0 Å². The average Bonchev–Trinajstić information content (AvgIpc) is 2.60. The van der Waals surface area contributed by atoms with E-state index in [0.717, 1.165) is 12.8 Å². The molecule has 0 aromatic heterocycles. The zero-order valence-electron chi connectivity index (χ0n) is 16.5. The number of rotatable bonds is 6. The lowest BCUT2D eigenvalue weighted by atomic mass is 10.1. The van der Waals surface area contributed by atoms with E-state index in [2.05, 4.69) is 28.1 Å². The molecule has 5 nitrogen and oxygen atoms in total. The van der Waals surface area contributed by atoms with Gasteiger partial charge < -0.3 is 16.0 Å². The molecule has 0 aliphatic heterocycles. The van der Waals surface area contributed by atoms with Gasteiger partial charge in [-0.15, -0.1) is 0 Å². The van der Waals surface area contributed by atoms with Crippen molar-refractivity contribution in [1.29, 1.82) is 0 Å². The summed E-state index contributed by atoms with van der Waals surface area (Å²) in [6, 6.07) is 16.9. The third kappa shape index (κ3) is 7.52. The van der Waals surface area contributed by atoms with Crippen molar-refractivity contribution in [2.24, 2.45) is 0 Å². The monoisotopic (exact) mass is 367 g/mol. The lowest BCUT2D eigenvalue weighted by molar-refractivity contribution is 0.0919. The Hall–Kier alpha value is -2.82.